The summed E-state index contributed by atoms with van der Waals surface area (Å²) in [5.41, 5.74) is -0.324. The van der Waals surface area contributed by atoms with Crippen molar-refractivity contribution in [2.24, 2.45) is 0 Å². The molecule has 0 radical (unpaired) electrons. The molecule has 0 spiro atoms. The van der Waals surface area contributed by atoms with E-state index in [9.17, 15) is 14.5 Å². The summed E-state index contributed by atoms with van der Waals surface area (Å²) in [5.74, 6) is 0.640. The maximum atomic E-state index is 14.0. The first-order valence-electron chi connectivity index (χ1n) is 14.1. The van der Waals surface area contributed by atoms with Crippen molar-refractivity contribution in [2.45, 2.75) is 85.3 Å². The monoisotopic (exact) mass is 612 g/mol. The number of benzene rings is 1. The number of fused-ring (bicyclic) bond motifs is 1. The molecule has 12 heteroatoms. The molecule has 11 nitrogen and oxygen atoms in total. The number of nitrogens with zero attached hydrogens (tertiary/aromatic N) is 4. The van der Waals surface area contributed by atoms with Gasteiger partial charge in [-0.25, -0.2) is 9.55 Å². The third-order valence-electron chi connectivity index (χ3n) is 5.97. The lowest BCUT2D eigenvalue weighted by atomic mass is 10.1. The number of hydrogen-bond acceptors (Lipinski definition) is 9. The second kappa shape index (κ2) is 12.3. The van der Waals surface area contributed by atoms with Crippen LogP contribution in [0.3, 0.4) is 0 Å². The van der Waals surface area contributed by atoms with E-state index in [4.69, 9.17) is 18.3 Å². The van der Waals surface area contributed by atoms with Crippen molar-refractivity contribution in [1.29, 1.82) is 0 Å². The summed E-state index contributed by atoms with van der Waals surface area (Å²) >= 11 is 0. The first-order chi connectivity index (χ1) is 19.9. The van der Waals surface area contributed by atoms with Gasteiger partial charge in [0.2, 0.25) is 0 Å². The lowest BCUT2D eigenvalue weighted by Crippen LogP contribution is -2.27. The predicted octanol–water partition coefficient (Wildman–Crippen LogP) is 6.50. The van der Waals surface area contributed by atoms with Crippen LogP contribution in [0.2, 0.25) is 0 Å². The van der Waals surface area contributed by atoms with Crippen molar-refractivity contribution >= 4 is 18.9 Å². The molecule has 0 bridgehead atoms. The SMILES string of the molecule is CC(C)(O)CCOc1ccc(-c2cn(-c3cccnc3)c3ncn(COP(=O)(OC(C)(C)C)OC(C)(C)C)c(=O)c23)cc1. The number of phosphoric acid groups is 1. The van der Waals surface area contributed by atoms with Gasteiger partial charge in [0.25, 0.3) is 5.56 Å². The van der Waals surface area contributed by atoms with E-state index in [2.05, 4.69) is 9.97 Å². The Kier molecular flexibility index (Phi) is 9.35. The molecular formula is C31H41N4O7P. The van der Waals surface area contributed by atoms with Crippen molar-refractivity contribution in [2.75, 3.05) is 6.61 Å². The highest BCUT2D eigenvalue weighted by atomic mass is 31.2. The third-order valence-corrected chi connectivity index (χ3v) is 7.95. The molecule has 232 valence electrons. The zero-order valence-corrected chi connectivity index (χ0v) is 26.9. The molecule has 0 saturated carbocycles. The summed E-state index contributed by atoms with van der Waals surface area (Å²) in [4.78, 5) is 22.8. The van der Waals surface area contributed by atoms with Crippen LogP contribution in [0.4, 0.5) is 0 Å². The lowest BCUT2D eigenvalue weighted by molar-refractivity contribution is -0.00657. The summed E-state index contributed by atoms with van der Waals surface area (Å²) < 4.78 is 39.5. The van der Waals surface area contributed by atoms with Crippen molar-refractivity contribution in [3.05, 3.63) is 71.7 Å². The Morgan fingerprint density at radius 3 is 2.16 bits per heavy atom. The summed E-state index contributed by atoms with van der Waals surface area (Å²) in [6, 6.07) is 11.0. The van der Waals surface area contributed by atoms with E-state index in [1.807, 2.05) is 36.5 Å². The molecule has 4 aromatic rings. The number of hydrogen-bond donors (Lipinski definition) is 1. The number of pyridine rings is 1. The van der Waals surface area contributed by atoms with E-state index in [1.165, 1.54) is 10.9 Å². The fraction of sp³-hybridized carbons (Fsp3) is 0.452. The zero-order valence-electron chi connectivity index (χ0n) is 26.0. The highest BCUT2D eigenvalue weighted by Gasteiger charge is 2.37. The van der Waals surface area contributed by atoms with E-state index < -0.39 is 36.9 Å². The van der Waals surface area contributed by atoms with Gasteiger partial charge in [-0.3, -0.25) is 32.5 Å². The number of rotatable bonds is 11. The third kappa shape index (κ3) is 8.84. The Labute approximate surface area is 252 Å². The van der Waals surface area contributed by atoms with Crippen LogP contribution in [0.25, 0.3) is 27.8 Å². The molecule has 0 atom stereocenters. The van der Waals surface area contributed by atoms with Crippen LogP contribution in [-0.2, 0) is 24.9 Å². The number of ether oxygens (including phenoxy) is 1. The molecule has 1 N–H and O–H groups in total. The second-order valence-electron chi connectivity index (χ2n) is 12.9. The Morgan fingerprint density at radius 1 is 0.953 bits per heavy atom. The summed E-state index contributed by atoms with van der Waals surface area (Å²) in [5, 5.41) is 10.3. The second-order valence-corrected chi connectivity index (χ2v) is 14.4. The van der Waals surface area contributed by atoms with E-state index in [1.54, 1.807) is 78.4 Å². The van der Waals surface area contributed by atoms with Gasteiger partial charge in [-0.05, 0) is 85.2 Å². The van der Waals surface area contributed by atoms with Crippen molar-refractivity contribution in [1.82, 2.24) is 19.1 Å². The maximum Gasteiger partial charge on any atom is 0.477 e. The number of aromatic nitrogens is 4. The van der Waals surface area contributed by atoms with E-state index >= 15 is 0 Å². The Morgan fingerprint density at radius 2 is 1.60 bits per heavy atom. The fourth-order valence-electron chi connectivity index (χ4n) is 4.18. The Balaban J connectivity index is 1.73. The molecule has 3 aromatic heterocycles. The lowest BCUT2D eigenvalue weighted by Gasteiger charge is -2.30. The quantitative estimate of drug-likeness (QED) is 0.189. The highest BCUT2D eigenvalue weighted by Crippen LogP contribution is 2.55. The minimum Gasteiger partial charge on any atom is -0.493 e. The van der Waals surface area contributed by atoms with Crippen LogP contribution in [0.15, 0.2) is 66.1 Å². The van der Waals surface area contributed by atoms with Gasteiger partial charge in [0.1, 0.15) is 18.8 Å². The van der Waals surface area contributed by atoms with E-state index in [-0.39, 0.29) is 0 Å². The standard InChI is InChI=1S/C31H41N4O7P/c1-29(2,3)41-43(38,42-30(4,5)6)40-21-34-20-33-27-26(28(34)36)25(19-35(27)23-10-9-16-32-18-23)22-11-13-24(14-12-22)39-17-15-31(7,8)37/h9-14,16,18-20,37H,15,17,21H2,1-8H3. The van der Waals surface area contributed by atoms with Crippen LogP contribution in [0.5, 0.6) is 5.75 Å². The first kappa shape index (κ1) is 32.6. The van der Waals surface area contributed by atoms with Gasteiger partial charge in [-0.1, -0.05) is 12.1 Å². The minimum atomic E-state index is -4.08. The number of aliphatic hydroxyl groups is 1. The topological polar surface area (TPSA) is 127 Å². The average molecular weight is 613 g/mol. The molecule has 0 unspecified atom stereocenters. The molecule has 0 aliphatic rings. The molecule has 3 heterocycles. The van der Waals surface area contributed by atoms with Gasteiger partial charge < -0.3 is 9.84 Å². The van der Waals surface area contributed by atoms with E-state index in [0.29, 0.717) is 35.4 Å². The van der Waals surface area contributed by atoms with Gasteiger partial charge in [0.15, 0.2) is 5.65 Å². The fourth-order valence-corrected chi connectivity index (χ4v) is 5.93. The van der Waals surface area contributed by atoms with Crippen molar-refractivity contribution < 1.29 is 28.0 Å². The van der Waals surface area contributed by atoms with Gasteiger partial charge in [0, 0.05) is 24.4 Å². The molecule has 1 aromatic carbocycles. The molecule has 4 rings (SSSR count). The van der Waals surface area contributed by atoms with Crippen molar-refractivity contribution in [3.63, 3.8) is 0 Å². The first-order valence-corrected chi connectivity index (χ1v) is 15.5. The number of phosphoric ester groups is 1. The van der Waals surface area contributed by atoms with Crippen LogP contribution in [0.1, 0.15) is 61.8 Å². The minimum absolute atomic E-state index is 0.342. The molecular weight excluding hydrogens is 571 g/mol. The normalized spacial score (nSPS) is 13.0. The van der Waals surface area contributed by atoms with Gasteiger partial charge in [0.05, 0.1) is 40.7 Å². The molecule has 0 aliphatic carbocycles. The van der Waals surface area contributed by atoms with Gasteiger partial charge in [-0.15, -0.1) is 0 Å². The summed E-state index contributed by atoms with van der Waals surface area (Å²) in [6.45, 7) is 13.9. The van der Waals surface area contributed by atoms with Gasteiger partial charge >= 0.3 is 7.82 Å². The smallest absolute Gasteiger partial charge is 0.477 e. The maximum absolute atomic E-state index is 14.0. The van der Waals surface area contributed by atoms with Crippen molar-refractivity contribution in [3.8, 4) is 22.6 Å². The highest BCUT2D eigenvalue weighted by molar-refractivity contribution is 7.48. The summed E-state index contributed by atoms with van der Waals surface area (Å²) in [6.07, 6.45) is 7.02. The van der Waals surface area contributed by atoms with Crippen LogP contribution < -0.4 is 10.3 Å². The average Bonchev–Trinajstić information content (AvgIpc) is 3.27. The zero-order chi connectivity index (χ0) is 31.6. The van der Waals surface area contributed by atoms with Gasteiger partial charge in [-0.2, -0.15) is 0 Å². The van der Waals surface area contributed by atoms with Crippen LogP contribution in [0, 0.1) is 0 Å². The summed E-state index contributed by atoms with van der Waals surface area (Å²) in [7, 11) is -4.08. The molecule has 0 fully saturated rings. The Bertz CT molecular complexity index is 1620. The predicted molar refractivity (Wildman–Crippen MR) is 165 cm³/mol. The molecule has 0 aliphatic heterocycles. The molecule has 0 saturated heterocycles. The van der Waals surface area contributed by atoms with Crippen LogP contribution >= 0.6 is 7.82 Å². The van der Waals surface area contributed by atoms with E-state index in [0.717, 1.165) is 11.3 Å². The molecule has 0 amide bonds. The molecule has 43 heavy (non-hydrogen) atoms. The Hall–Kier alpha value is -3.34. The van der Waals surface area contributed by atoms with Crippen LogP contribution in [-0.4, -0.2) is 47.6 Å². The largest absolute Gasteiger partial charge is 0.493 e.